The number of nitrogens with zero attached hydrogens (tertiary/aromatic N) is 4. The predicted molar refractivity (Wildman–Crippen MR) is 113 cm³/mol. The van der Waals surface area contributed by atoms with Gasteiger partial charge in [0.2, 0.25) is 15.9 Å². The van der Waals surface area contributed by atoms with Gasteiger partial charge in [-0.05, 0) is 48.5 Å². The number of aromatic nitrogens is 4. The molecule has 0 aliphatic heterocycles. The van der Waals surface area contributed by atoms with Gasteiger partial charge in [-0.15, -0.1) is 15.3 Å². The number of nitrogens with one attached hydrogen (secondary N) is 1. The van der Waals surface area contributed by atoms with Crippen molar-refractivity contribution in [3.63, 3.8) is 0 Å². The molecular weight excluding hydrogens is 502 g/mol. The van der Waals surface area contributed by atoms with Gasteiger partial charge in [0.15, 0.2) is 11.5 Å². The summed E-state index contributed by atoms with van der Waals surface area (Å²) >= 11 is 5.80. The average molecular weight is 516 g/mol. The Morgan fingerprint density at radius 3 is 2.47 bits per heavy atom. The van der Waals surface area contributed by atoms with Gasteiger partial charge in [0.1, 0.15) is 17.3 Å². The van der Waals surface area contributed by atoms with Gasteiger partial charge in [-0.25, -0.2) is 17.5 Å². The van der Waals surface area contributed by atoms with Crippen LogP contribution in [0.4, 0.5) is 17.6 Å². The van der Waals surface area contributed by atoms with E-state index in [1.807, 2.05) is 0 Å². The van der Waals surface area contributed by atoms with Crippen molar-refractivity contribution >= 4 is 27.3 Å². The van der Waals surface area contributed by atoms with Crippen LogP contribution in [-0.2, 0) is 16.2 Å². The summed E-state index contributed by atoms with van der Waals surface area (Å²) in [5.74, 6) is 0.0238. The number of hydrogen-bond acceptors (Lipinski definition) is 6. The molecule has 0 radical (unpaired) electrons. The minimum atomic E-state index is -4.72. The quantitative estimate of drug-likeness (QED) is 0.295. The third-order valence-electron chi connectivity index (χ3n) is 4.53. The Morgan fingerprint density at radius 1 is 1.03 bits per heavy atom. The molecule has 2 aromatic heterocycles. The zero-order valence-corrected chi connectivity index (χ0v) is 18.5. The fourth-order valence-electron chi connectivity index (χ4n) is 2.92. The van der Waals surface area contributed by atoms with Crippen molar-refractivity contribution in [3.8, 4) is 17.3 Å². The molecule has 0 aliphatic carbocycles. The summed E-state index contributed by atoms with van der Waals surface area (Å²) in [5.41, 5.74) is -0.187. The van der Waals surface area contributed by atoms with Crippen molar-refractivity contribution < 1.29 is 30.7 Å². The number of fused-ring (bicyclic) bond motifs is 1. The van der Waals surface area contributed by atoms with E-state index in [0.29, 0.717) is 29.2 Å². The van der Waals surface area contributed by atoms with E-state index in [-0.39, 0.29) is 24.1 Å². The van der Waals surface area contributed by atoms with Gasteiger partial charge in [-0.2, -0.15) is 17.7 Å². The van der Waals surface area contributed by atoms with Crippen LogP contribution in [-0.4, -0.2) is 41.4 Å². The Morgan fingerprint density at radius 2 is 1.76 bits per heavy atom. The lowest BCUT2D eigenvalue weighted by atomic mass is 10.2. The standard InChI is InChI=1S/C20H14ClF4N5O3S/c21-15-6-3-13(20(23,24)25)11-16(15)34(31,32)26-9-10-33-18-8-7-17-27-28-19(30(17)29-18)12-1-4-14(22)5-2-12/h1-8,11,26H,9-10H2. The molecular formula is C20H14ClF4N5O3S. The van der Waals surface area contributed by atoms with Gasteiger partial charge in [-0.1, -0.05) is 11.6 Å². The third kappa shape index (κ3) is 5.11. The molecule has 0 spiro atoms. The van der Waals surface area contributed by atoms with Crippen LogP contribution >= 0.6 is 11.6 Å². The highest BCUT2D eigenvalue weighted by atomic mass is 35.5. The van der Waals surface area contributed by atoms with Crippen molar-refractivity contribution in [3.05, 3.63) is 71.0 Å². The zero-order valence-electron chi connectivity index (χ0n) is 16.9. The number of sulfonamides is 1. The Bertz CT molecular complexity index is 1440. The van der Waals surface area contributed by atoms with E-state index in [0.717, 1.165) is 6.07 Å². The molecule has 178 valence electrons. The Balaban J connectivity index is 1.44. The summed E-state index contributed by atoms with van der Waals surface area (Å²) in [6, 6.07) is 10.6. The van der Waals surface area contributed by atoms with Gasteiger partial charge in [-0.3, -0.25) is 0 Å². The molecule has 0 fully saturated rings. The van der Waals surface area contributed by atoms with E-state index >= 15 is 0 Å². The largest absolute Gasteiger partial charge is 0.475 e. The normalized spacial score (nSPS) is 12.3. The summed E-state index contributed by atoms with van der Waals surface area (Å²) < 4.78 is 85.7. The maximum atomic E-state index is 13.2. The second kappa shape index (κ2) is 9.16. The lowest BCUT2D eigenvalue weighted by molar-refractivity contribution is -0.137. The van der Waals surface area contributed by atoms with Gasteiger partial charge in [0.05, 0.1) is 10.6 Å². The van der Waals surface area contributed by atoms with E-state index in [1.54, 1.807) is 6.07 Å². The first-order valence-corrected chi connectivity index (χ1v) is 11.4. The lowest BCUT2D eigenvalue weighted by Gasteiger charge is -2.12. The number of hydrogen-bond donors (Lipinski definition) is 1. The summed E-state index contributed by atoms with van der Waals surface area (Å²) in [6.07, 6.45) is -4.72. The maximum absolute atomic E-state index is 13.2. The predicted octanol–water partition coefficient (Wildman–Crippen LogP) is 3.96. The van der Waals surface area contributed by atoms with E-state index < -0.39 is 32.5 Å². The molecule has 0 atom stereocenters. The lowest BCUT2D eigenvalue weighted by Crippen LogP contribution is -2.29. The molecule has 0 saturated heterocycles. The molecule has 4 aromatic rings. The van der Waals surface area contributed by atoms with Crippen molar-refractivity contribution in [1.29, 1.82) is 0 Å². The molecule has 8 nitrogen and oxygen atoms in total. The van der Waals surface area contributed by atoms with Crippen LogP contribution in [0.15, 0.2) is 59.5 Å². The first kappa shape index (κ1) is 23.9. The number of alkyl halides is 3. The molecule has 2 heterocycles. The van der Waals surface area contributed by atoms with Crippen LogP contribution in [0, 0.1) is 5.82 Å². The highest BCUT2D eigenvalue weighted by molar-refractivity contribution is 7.89. The van der Waals surface area contributed by atoms with Gasteiger partial charge >= 0.3 is 6.18 Å². The summed E-state index contributed by atoms with van der Waals surface area (Å²) in [7, 11) is -4.34. The maximum Gasteiger partial charge on any atom is 0.416 e. The Kier molecular flexibility index (Phi) is 6.43. The van der Waals surface area contributed by atoms with E-state index in [1.165, 1.54) is 34.8 Å². The summed E-state index contributed by atoms with van der Waals surface area (Å²) in [4.78, 5) is -0.697. The highest BCUT2D eigenvalue weighted by Gasteiger charge is 2.32. The molecule has 0 unspecified atom stereocenters. The van der Waals surface area contributed by atoms with Crippen LogP contribution in [0.2, 0.25) is 5.02 Å². The minimum Gasteiger partial charge on any atom is -0.475 e. The smallest absolute Gasteiger partial charge is 0.416 e. The van der Waals surface area contributed by atoms with Crippen molar-refractivity contribution in [2.24, 2.45) is 0 Å². The second-order valence-electron chi connectivity index (χ2n) is 6.86. The SMILES string of the molecule is O=S(=O)(NCCOc1ccc2nnc(-c3ccc(F)cc3)n2n1)c1cc(C(F)(F)F)ccc1Cl. The fourth-order valence-corrected chi connectivity index (χ4v) is 4.46. The first-order valence-electron chi connectivity index (χ1n) is 9.52. The Labute approximate surface area is 195 Å². The van der Waals surface area contributed by atoms with Crippen molar-refractivity contribution in [2.45, 2.75) is 11.1 Å². The zero-order chi connectivity index (χ0) is 24.5. The monoisotopic (exact) mass is 515 g/mol. The van der Waals surface area contributed by atoms with Crippen LogP contribution in [0.1, 0.15) is 5.56 Å². The van der Waals surface area contributed by atoms with Crippen molar-refractivity contribution in [2.75, 3.05) is 13.2 Å². The van der Waals surface area contributed by atoms with Crippen molar-refractivity contribution in [1.82, 2.24) is 24.5 Å². The molecule has 1 N–H and O–H groups in total. The minimum absolute atomic E-state index is 0.104. The molecule has 0 saturated carbocycles. The molecule has 0 bridgehead atoms. The van der Waals surface area contributed by atoms with Crippen LogP contribution in [0.5, 0.6) is 5.88 Å². The number of ether oxygens (including phenoxy) is 1. The van der Waals surface area contributed by atoms with Gasteiger partial charge in [0.25, 0.3) is 0 Å². The molecule has 0 amide bonds. The third-order valence-corrected chi connectivity index (χ3v) is 6.48. The molecule has 0 aliphatic rings. The van der Waals surface area contributed by atoms with Crippen LogP contribution in [0.3, 0.4) is 0 Å². The summed E-state index contributed by atoms with van der Waals surface area (Å²) in [5, 5.41) is 11.9. The topological polar surface area (TPSA) is 98.5 Å². The van der Waals surface area contributed by atoms with Gasteiger partial charge in [0, 0.05) is 18.2 Å². The van der Waals surface area contributed by atoms with E-state index in [9.17, 15) is 26.0 Å². The van der Waals surface area contributed by atoms with E-state index in [2.05, 4.69) is 20.0 Å². The summed E-state index contributed by atoms with van der Waals surface area (Å²) in [6.45, 7) is -0.468. The number of rotatable bonds is 7. The van der Waals surface area contributed by atoms with E-state index in [4.69, 9.17) is 16.3 Å². The van der Waals surface area contributed by atoms with Crippen LogP contribution < -0.4 is 9.46 Å². The fraction of sp³-hybridized carbons (Fsp3) is 0.150. The van der Waals surface area contributed by atoms with Gasteiger partial charge < -0.3 is 4.74 Å². The first-order chi connectivity index (χ1) is 16.0. The molecule has 14 heteroatoms. The Hall–Kier alpha value is -3.29. The molecule has 34 heavy (non-hydrogen) atoms. The average Bonchev–Trinajstić information content (AvgIpc) is 3.20. The second-order valence-corrected chi connectivity index (χ2v) is 9.00. The molecule has 2 aromatic carbocycles. The highest BCUT2D eigenvalue weighted by Crippen LogP contribution is 2.33. The van der Waals surface area contributed by atoms with Crippen LogP contribution in [0.25, 0.3) is 17.0 Å². The number of benzene rings is 2. The number of halogens is 5. The molecule has 4 rings (SSSR count).